The number of anilines is 1. The van der Waals surface area contributed by atoms with Crippen molar-refractivity contribution in [2.75, 3.05) is 19.0 Å². The zero-order valence-electron chi connectivity index (χ0n) is 10.7. The van der Waals surface area contributed by atoms with Crippen molar-refractivity contribution in [3.63, 3.8) is 0 Å². The number of nitrogens with one attached hydrogen (secondary N) is 1. The summed E-state index contributed by atoms with van der Waals surface area (Å²) in [5, 5.41) is 2.65. The molecule has 7 heteroatoms. The number of rotatable bonds is 4. The number of amides is 1. The highest BCUT2D eigenvalue weighted by atomic mass is 16.5. The van der Waals surface area contributed by atoms with Gasteiger partial charge in [-0.05, 0) is 18.2 Å². The minimum Gasteiger partial charge on any atom is -0.408 e. The molecule has 1 unspecified atom stereocenters. The summed E-state index contributed by atoms with van der Waals surface area (Å²) in [6.45, 7) is 0.137. The lowest BCUT2D eigenvalue weighted by atomic mass is 10.2. The van der Waals surface area contributed by atoms with Gasteiger partial charge in [0, 0.05) is 19.8 Å². The molecule has 0 fully saturated rings. The van der Waals surface area contributed by atoms with Gasteiger partial charge in [0.1, 0.15) is 6.04 Å². The van der Waals surface area contributed by atoms with Crippen LogP contribution in [0, 0.1) is 0 Å². The Kier molecular flexibility index (Phi) is 3.68. The second-order valence-electron chi connectivity index (χ2n) is 4.16. The number of aromatic nitrogens is 1. The molecule has 0 aliphatic carbocycles. The molecule has 0 saturated carbocycles. The average Bonchev–Trinajstić information content (AvgIpc) is 2.66. The van der Waals surface area contributed by atoms with E-state index < -0.39 is 11.8 Å². The second-order valence-corrected chi connectivity index (χ2v) is 4.16. The highest BCUT2D eigenvalue weighted by molar-refractivity contribution is 5.96. The van der Waals surface area contributed by atoms with Crippen molar-refractivity contribution < 1.29 is 13.9 Å². The van der Waals surface area contributed by atoms with Crippen LogP contribution in [0.3, 0.4) is 0 Å². The summed E-state index contributed by atoms with van der Waals surface area (Å²) in [7, 11) is 3.07. The predicted molar refractivity (Wildman–Crippen MR) is 69.9 cm³/mol. The average molecular weight is 265 g/mol. The van der Waals surface area contributed by atoms with Crippen LogP contribution in [0.5, 0.6) is 0 Å². The van der Waals surface area contributed by atoms with Crippen molar-refractivity contribution in [1.82, 2.24) is 4.57 Å². The first kappa shape index (κ1) is 13.3. The Morgan fingerprint density at radius 3 is 3.00 bits per heavy atom. The molecule has 102 valence electrons. The number of nitrogens with two attached hydrogens (primary N) is 1. The first-order valence-corrected chi connectivity index (χ1v) is 5.68. The number of hydrogen-bond acceptors (Lipinski definition) is 5. The lowest BCUT2D eigenvalue weighted by molar-refractivity contribution is -0.118. The van der Waals surface area contributed by atoms with Crippen LogP contribution in [-0.4, -0.2) is 30.2 Å². The van der Waals surface area contributed by atoms with Crippen LogP contribution in [-0.2, 0) is 16.6 Å². The van der Waals surface area contributed by atoms with Gasteiger partial charge in [0.25, 0.3) is 0 Å². The molecular weight excluding hydrogens is 250 g/mol. The third-order valence-corrected chi connectivity index (χ3v) is 2.74. The Labute approximate surface area is 108 Å². The van der Waals surface area contributed by atoms with E-state index in [0.29, 0.717) is 16.8 Å². The van der Waals surface area contributed by atoms with Crippen LogP contribution in [0.15, 0.2) is 27.4 Å². The fourth-order valence-electron chi connectivity index (χ4n) is 1.69. The fourth-order valence-corrected chi connectivity index (χ4v) is 1.69. The number of fused-ring (bicyclic) bond motifs is 1. The van der Waals surface area contributed by atoms with Crippen LogP contribution in [0.2, 0.25) is 0 Å². The van der Waals surface area contributed by atoms with Crippen molar-refractivity contribution in [3.05, 3.63) is 28.7 Å². The van der Waals surface area contributed by atoms with Crippen molar-refractivity contribution in [2.45, 2.75) is 6.04 Å². The number of hydrogen-bond donors (Lipinski definition) is 2. The summed E-state index contributed by atoms with van der Waals surface area (Å²) in [5.74, 6) is -0.802. The van der Waals surface area contributed by atoms with Gasteiger partial charge in [0.05, 0.1) is 12.1 Å². The van der Waals surface area contributed by atoms with E-state index in [1.54, 1.807) is 25.2 Å². The number of aryl methyl sites for hydroxylation is 1. The largest absolute Gasteiger partial charge is 0.419 e. The van der Waals surface area contributed by atoms with Gasteiger partial charge in [-0.3, -0.25) is 9.36 Å². The fraction of sp³-hybridized carbons (Fsp3) is 0.333. The SMILES string of the molecule is COCC(N)C(=O)Nc1ccc2oc(=O)n(C)c2c1. The number of methoxy groups -OCH3 is 1. The molecule has 1 amide bonds. The molecule has 2 aromatic rings. The van der Waals surface area contributed by atoms with E-state index >= 15 is 0 Å². The van der Waals surface area contributed by atoms with E-state index in [1.165, 1.54) is 11.7 Å². The van der Waals surface area contributed by atoms with E-state index in [1.807, 2.05) is 0 Å². The molecule has 2 rings (SSSR count). The Morgan fingerprint density at radius 2 is 2.32 bits per heavy atom. The standard InChI is InChI=1S/C12H15N3O4/c1-15-9-5-7(3-4-10(9)19-12(15)17)14-11(16)8(13)6-18-2/h3-5,8H,6,13H2,1-2H3,(H,14,16). The van der Waals surface area contributed by atoms with Crippen molar-refractivity contribution in [2.24, 2.45) is 12.8 Å². The van der Waals surface area contributed by atoms with Crippen LogP contribution >= 0.6 is 0 Å². The topological polar surface area (TPSA) is 99.5 Å². The zero-order valence-corrected chi connectivity index (χ0v) is 10.7. The summed E-state index contributed by atoms with van der Waals surface area (Å²) in [6, 6.07) is 4.17. The monoisotopic (exact) mass is 265 g/mol. The Bertz CT molecular complexity index is 659. The zero-order chi connectivity index (χ0) is 14.0. The molecule has 7 nitrogen and oxygen atoms in total. The third kappa shape index (κ3) is 2.67. The third-order valence-electron chi connectivity index (χ3n) is 2.74. The maximum Gasteiger partial charge on any atom is 0.419 e. The quantitative estimate of drug-likeness (QED) is 0.813. The first-order chi connectivity index (χ1) is 9.02. The van der Waals surface area contributed by atoms with E-state index in [4.69, 9.17) is 14.9 Å². The van der Waals surface area contributed by atoms with E-state index in [0.717, 1.165) is 0 Å². The number of carbonyl (C=O) groups excluding carboxylic acids is 1. The molecule has 1 aromatic heterocycles. The molecule has 0 bridgehead atoms. The van der Waals surface area contributed by atoms with E-state index in [-0.39, 0.29) is 12.5 Å². The Hall–Kier alpha value is -2.12. The van der Waals surface area contributed by atoms with Gasteiger partial charge >= 0.3 is 5.76 Å². The molecule has 0 spiro atoms. The normalized spacial score (nSPS) is 12.6. The molecule has 1 aromatic carbocycles. The maximum absolute atomic E-state index is 11.7. The van der Waals surface area contributed by atoms with Crippen LogP contribution in [0.25, 0.3) is 11.1 Å². The first-order valence-electron chi connectivity index (χ1n) is 5.68. The van der Waals surface area contributed by atoms with E-state index in [9.17, 15) is 9.59 Å². The maximum atomic E-state index is 11.7. The van der Waals surface area contributed by atoms with Gasteiger partial charge in [-0.2, -0.15) is 0 Å². The summed E-state index contributed by atoms with van der Waals surface area (Å²) >= 11 is 0. The van der Waals surface area contributed by atoms with Crippen molar-refractivity contribution in [1.29, 1.82) is 0 Å². The molecule has 19 heavy (non-hydrogen) atoms. The molecule has 0 aliphatic heterocycles. The minimum atomic E-state index is -0.742. The van der Waals surface area contributed by atoms with Crippen LogP contribution < -0.4 is 16.8 Å². The lowest BCUT2D eigenvalue weighted by Crippen LogP contribution is -2.39. The number of oxazole rings is 1. The highest BCUT2D eigenvalue weighted by Gasteiger charge is 2.14. The van der Waals surface area contributed by atoms with Crippen LogP contribution in [0.4, 0.5) is 5.69 Å². The summed E-state index contributed by atoms with van der Waals surface area (Å²) in [4.78, 5) is 23.1. The van der Waals surface area contributed by atoms with Gasteiger partial charge < -0.3 is 20.2 Å². The second kappa shape index (κ2) is 5.25. The van der Waals surface area contributed by atoms with Gasteiger partial charge in [0.2, 0.25) is 5.91 Å². The summed E-state index contributed by atoms with van der Waals surface area (Å²) in [6.07, 6.45) is 0. The van der Waals surface area contributed by atoms with Gasteiger partial charge in [-0.1, -0.05) is 0 Å². The summed E-state index contributed by atoms with van der Waals surface area (Å²) < 4.78 is 11.2. The molecule has 1 heterocycles. The highest BCUT2D eigenvalue weighted by Crippen LogP contribution is 2.17. The number of ether oxygens (including phenoxy) is 1. The molecule has 0 radical (unpaired) electrons. The molecule has 0 saturated heterocycles. The van der Waals surface area contributed by atoms with Crippen molar-refractivity contribution in [3.8, 4) is 0 Å². The number of carbonyl (C=O) groups is 1. The van der Waals surface area contributed by atoms with Gasteiger partial charge in [0.15, 0.2) is 5.58 Å². The van der Waals surface area contributed by atoms with E-state index in [2.05, 4.69) is 5.32 Å². The summed E-state index contributed by atoms with van der Waals surface area (Å²) in [5.41, 5.74) is 7.22. The van der Waals surface area contributed by atoms with Gasteiger partial charge in [-0.15, -0.1) is 0 Å². The van der Waals surface area contributed by atoms with Gasteiger partial charge in [-0.25, -0.2) is 4.79 Å². The molecule has 1 atom stereocenters. The lowest BCUT2D eigenvalue weighted by Gasteiger charge is -2.11. The van der Waals surface area contributed by atoms with Crippen molar-refractivity contribution >= 4 is 22.7 Å². The Morgan fingerprint density at radius 1 is 1.58 bits per heavy atom. The molecular formula is C12H15N3O4. The van der Waals surface area contributed by atoms with Crippen LogP contribution in [0.1, 0.15) is 0 Å². The molecule has 0 aliphatic rings. The molecule has 3 N–H and O–H groups in total. The smallest absolute Gasteiger partial charge is 0.408 e. The Balaban J connectivity index is 2.24. The minimum absolute atomic E-state index is 0.137. The predicted octanol–water partition coefficient (Wildman–Crippen LogP) is 0.0437. The number of benzene rings is 1. The number of nitrogens with zero attached hydrogens (tertiary/aromatic N) is 1.